The van der Waals surface area contributed by atoms with Crippen molar-refractivity contribution in [3.8, 4) is 0 Å². The number of anilines is 1. The molecule has 2 atom stereocenters. The molecule has 2 fully saturated rings. The van der Waals surface area contributed by atoms with Crippen LogP contribution < -0.4 is 10.2 Å². The SMILES string of the molecule is CCN1CCCC1CNC(=O)C1CCc2nc(N3CCOCC3)ncc2C1. The Morgan fingerprint density at radius 1 is 1.30 bits per heavy atom. The number of hydrogen-bond acceptors (Lipinski definition) is 6. The van der Waals surface area contributed by atoms with Gasteiger partial charge < -0.3 is 15.0 Å². The van der Waals surface area contributed by atoms with Crippen molar-refractivity contribution >= 4 is 11.9 Å². The van der Waals surface area contributed by atoms with E-state index in [1.807, 2.05) is 6.20 Å². The van der Waals surface area contributed by atoms with Gasteiger partial charge in [-0.25, -0.2) is 9.97 Å². The van der Waals surface area contributed by atoms with E-state index < -0.39 is 0 Å². The summed E-state index contributed by atoms with van der Waals surface area (Å²) in [4.78, 5) is 26.7. The van der Waals surface area contributed by atoms with E-state index in [9.17, 15) is 4.79 Å². The topological polar surface area (TPSA) is 70.6 Å². The number of carbonyl (C=O) groups is 1. The van der Waals surface area contributed by atoms with E-state index >= 15 is 0 Å². The van der Waals surface area contributed by atoms with Crippen molar-refractivity contribution in [3.05, 3.63) is 17.5 Å². The zero-order valence-electron chi connectivity index (χ0n) is 16.3. The van der Waals surface area contributed by atoms with Crippen molar-refractivity contribution in [2.45, 2.75) is 45.1 Å². The molecule has 1 N–H and O–H groups in total. The number of amides is 1. The van der Waals surface area contributed by atoms with Crippen LogP contribution in [0.4, 0.5) is 5.95 Å². The third-order valence-corrected chi connectivity index (χ3v) is 6.22. The summed E-state index contributed by atoms with van der Waals surface area (Å²) in [6, 6.07) is 0.509. The minimum Gasteiger partial charge on any atom is -0.378 e. The Kier molecular flexibility index (Phi) is 5.88. The standard InChI is InChI=1S/C20H31N5O2/c1-2-24-7-3-4-17(24)14-21-19(26)15-5-6-18-16(12-15)13-22-20(23-18)25-8-10-27-11-9-25/h13,15,17H,2-12,14H2,1H3,(H,21,26). The van der Waals surface area contributed by atoms with E-state index in [-0.39, 0.29) is 11.8 Å². The van der Waals surface area contributed by atoms with Gasteiger partial charge in [0.25, 0.3) is 0 Å². The highest BCUT2D eigenvalue weighted by molar-refractivity contribution is 5.79. The van der Waals surface area contributed by atoms with Gasteiger partial charge in [-0.2, -0.15) is 0 Å². The number of fused-ring (bicyclic) bond motifs is 1. The van der Waals surface area contributed by atoms with Crippen molar-refractivity contribution in [1.29, 1.82) is 0 Å². The highest BCUT2D eigenvalue weighted by atomic mass is 16.5. The molecule has 0 bridgehead atoms. The van der Waals surface area contributed by atoms with E-state index in [1.165, 1.54) is 12.8 Å². The number of nitrogens with zero attached hydrogens (tertiary/aromatic N) is 4. The van der Waals surface area contributed by atoms with Gasteiger partial charge in [0.15, 0.2) is 0 Å². The molecule has 3 heterocycles. The quantitative estimate of drug-likeness (QED) is 0.831. The summed E-state index contributed by atoms with van der Waals surface area (Å²) < 4.78 is 5.40. The fourth-order valence-electron chi connectivity index (χ4n) is 4.54. The van der Waals surface area contributed by atoms with Gasteiger partial charge in [0.1, 0.15) is 0 Å². The van der Waals surface area contributed by atoms with Crippen molar-refractivity contribution < 1.29 is 9.53 Å². The molecular weight excluding hydrogens is 342 g/mol. The average molecular weight is 374 g/mol. The van der Waals surface area contributed by atoms with Crippen LogP contribution in [0.25, 0.3) is 0 Å². The van der Waals surface area contributed by atoms with E-state index in [1.54, 1.807) is 0 Å². The van der Waals surface area contributed by atoms with E-state index in [4.69, 9.17) is 9.72 Å². The molecule has 1 amide bonds. The van der Waals surface area contributed by atoms with Gasteiger partial charge in [0, 0.05) is 43.5 Å². The van der Waals surface area contributed by atoms with Crippen LogP contribution in [0.3, 0.4) is 0 Å². The Labute approximate surface area is 161 Å². The van der Waals surface area contributed by atoms with E-state index in [2.05, 4.69) is 27.0 Å². The number of nitrogens with one attached hydrogen (secondary N) is 1. The number of rotatable bonds is 5. The first kappa shape index (κ1) is 18.6. The molecule has 0 saturated carbocycles. The zero-order chi connectivity index (χ0) is 18.6. The molecule has 27 heavy (non-hydrogen) atoms. The van der Waals surface area contributed by atoms with Crippen molar-refractivity contribution in [3.63, 3.8) is 0 Å². The maximum Gasteiger partial charge on any atom is 0.225 e. The highest BCUT2D eigenvalue weighted by Crippen LogP contribution is 2.26. The van der Waals surface area contributed by atoms with Gasteiger partial charge in [-0.3, -0.25) is 9.69 Å². The molecule has 7 heteroatoms. The molecule has 0 radical (unpaired) electrons. The summed E-state index contributed by atoms with van der Waals surface area (Å²) in [5.74, 6) is 1.05. The van der Waals surface area contributed by atoms with Gasteiger partial charge in [-0.05, 0) is 50.8 Å². The van der Waals surface area contributed by atoms with Crippen LogP contribution in [-0.2, 0) is 22.4 Å². The first-order chi connectivity index (χ1) is 13.2. The van der Waals surface area contributed by atoms with Crippen molar-refractivity contribution in [2.75, 3.05) is 50.8 Å². The first-order valence-corrected chi connectivity index (χ1v) is 10.4. The normalized spacial score (nSPS) is 26.0. The minimum absolute atomic E-state index is 0.0480. The van der Waals surface area contributed by atoms with Crippen LogP contribution >= 0.6 is 0 Å². The van der Waals surface area contributed by atoms with Crippen LogP contribution in [0.2, 0.25) is 0 Å². The third-order valence-electron chi connectivity index (χ3n) is 6.22. The van der Waals surface area contributed by atoms with Gasteiger partial charge in [0.05, 0.1) is 13.2 Å². The summed E-state index contributed by atoms with van der Waals surface area (Å²) in [5.41, 5.74) is 2.25. The van der Waals surface area contributed by atoms with E-state index in [0.29, 0.717) is 6.04 Å². The molecule has 1 aromatic rings. The number of aromatic nitrogens is 2. The Morgan fingerprint density at radius 2 is 2.15 bits per heavy atom. The molecule has 2 saturated heterocycles. The Morgan fingerprint density at radius 3 is 2.96 bits per heavy atom. The summed E-state index contributed by atoms with van der Waals surface area (Å²) in [6.45, 7) is 8.38. The Balaban J connectivity index is 1.33. The van der Waals surface area contributed by atoms with Crippen LogP contribution in [0.5, 0.6) is 0 Å². The lowest BCUT2D eigenvalue weighted by molar-refractivity contribution is -0.125. The largest absolute Gasteiger partial charge is 0.378 e. The van der Waals surface area contributed by atoms with Crippen molar-refractivity contribution in [1.82, 2.24) is 20.2 Å². The van der Waals surface area contributed by atoms with Crippen LogP contribution in [0.15, 0.2) is 6.20 Å². The van der Waals surface area contributed by atoms with Crippen LogP contribution in [0.1, 0.15) is 37.4 Å². The molecule has 2 unspecified atom stereocenters. The number of hydrogen-bond donors (Lipinski definition) is 1. The summed E-state index contributed by atoms with van der Waals surface area (Å²) in [5, 5.41) is 3.21. The fourth-order valence-corrected chi connectivity index (χ4v) is 4.54. The molecular formula is C20H31N5O2. The molecule has 1 aliphatic carbocycles. The molecule has 3 aliphatic rings. The fraction of sp³-hybridized carbons (Fsp3) is 0.750. The maximum atomic E-state index is 12.7. The maximum absolute atomic E-state index is 12.7. The second-order valence-corrected chi connectivity index (χ2v) is 7.85. The Bertz CT molecular complexity index is 662. The number of ether oxygens (including phenoxy) is 1. The van der Waals surface area contributed by atoms with E-state index in [0.717, 1.165) is 82.4 Å². The molecule has 0 aromatic carbocycles. The van der Waals surface area contributed by atoms with Gasteiger partial charge >= 0.3 is 0 Å². The lowest BCUT2D eigenvalue weighted by Gasteiger charge is -2.29. The third kappa shape index (κ3) is 4.24. The predicted molar refractivity (Wildman–Crippen MR) is 104 cm³/mol. The average Bonchev–Trinajstić information content (AvgIpc) is 3.19. The minimum atomic E-state index is 0.0480. The van der Waals surface area contributed by atoms with Crippen LogP contribution in [0, 0.1) is 5.92 Å². The molecule has 4 rings (SSSR count). The highest BCUT2D eigenvalue weighted by Gasteiger charge is 2.29. The number of carbonyl (C=O) groups excluding carboxylic acids is 1. The van der Waals surface area contributed by atoms with Gasteiger partial charge in [0.2, 0.25) is 11.9 Å². The summed E-state index contributed by atoms with van der Waals surface area (Å²) >= 11 is 0. The lowest BCUT2D eigenvalue weighted by atomic mass is 9.86. The molecule has 2 aliphatic heterocycles. The Hall–Kier alpha value is -1.73. The predicted octanol–water partition coefficient (Wildman–Crippen LogP) is 1.02. The molecule has 148 valence electrons. The monoisotopic (exact) mass is 373 g/mol. The zero-order valence-corrected chi connectivity index (χ0v) is 16.3. The van der Waals surface area contributed by atoms with Crippen molar-refractivity contribution in [2.24, 2.45) is 5.92 Å². The molecule has 7 nitrogen and oxygen atoms in total. The second kappa shape index (κ2) is 8.52. The summed E-state index contributed by atoms with van der Waals surface area (Å²) in [7, 11) is 0. The number of morpholine rings is 1. The number of likely N-dealkylation sites (tertiary alicyclic amines) is 1. The van der Waals surface area contributed by atoms with Crippen LogP contribution in [-0.4, -0.2) is 72.8 Å². The lowest BCUT2D eigenvalue weighted by Crippen LogP contribution is -2.43. The number of aryl methyl sites for hydroxylation is 1. The smallest absolute Gasteiger partial charge is 0.225 e. The molecule has 0 spiro atoms. The summed E-state index contributed by atoms with van der Waals surface area (Å²) in [6.07, 6.45) is 6.86. The second-order valence-electron chi connectivity index (χ2n) is 7.85. The number of likely N-dealkylation sites (N-methyl/N-ethyl adjacent to an activating group) is 1. The molecule has 1 aromatic heterocycles. The first-order valence-electron chi connectivity index (χ1n) is 10.4. The van der Waals surface area contributed by atoms with Gasteiger partial charge in [-0.15, -0.1) is 0 Å². The van der Waals surface area contributed by atoms with Gasteiger partial charge in [-0.1, -0.05) is 6.92 Å².